The number of aromatic nitrogens is 1. The van der Waals surface area contributed by atoms with Crippen LogP contribution in [0.4, 0.5) is 0 Å². The summed E-state index contributed by atoms with van der Waals surface area (Å²) in [7, 11) is 1.71. The van der Waals surface area contributed by atoms with Crippen LogP contribution in [-0.4, -0.2) is 22.8 Å². The first kappa shape index (κ1) is 15.3. The van der Waals surface area contributed by atoms with Gasteiger partial charge in [0, 0.05) is 35.6 Å². The van der Waals surface area contributed by atoms with Crippen molar-refractivity contribution >= 4 is 40.4 Å². The van der Waals surface area contributed by atoms with Crippen molar-refractivity contribution in [2.75, 3.05) is 7.05 Å². The number of hydrogen-bond acceptors (Lipinski definition) is 4. The Kier molecular flexibility index (Phi) is 4.99. The third-order valence-electron chi connectivity index (χ3n) is 2.63. The number of rotatable bonds is 4. The first-order valence-electron chi connectivity index (χ1n) is 5.84. The molecule has 1 aromatic carbocycles. The summed E-state index contributed by atoms with van der Waals surface area (Å²) in [5, 5.41) is 3.55. The Morgan fingerprint density at radius 1 is 1.35 bits per heavy atom. The number of hydrogen-bond donors (Lipinski definition) is 1. The first-order valence-corrected chi connectivity index (χ1v) is 7.48. The molecule has 0 aliphatic heterocycles. The van der Waals surface area contributed by atoms with Gasteiger partial charge in [-0.05, 0) is 23.8 Å². The molecular formula is C13H13Cl2N3OS. The number of benzene rings is 1. The van der Waals surface area contributed by atoms with E-state index in [9.17, 15) is 4.79 Å². The molecule has 0 saturated heterocycles. The maximum Gasteiger partial charge on any atom is 0.273 e. The third kappa shape index (κ3) is 3.70. The summed E-state index contributed by atoms with van der Waals surface area (Å²) in [4.78, 5) is 18.0. The van der Waals surface area contributed by atoms with Gasteiger partial charge in [-0.25, -0.2) is 4.98 Å². The predicted molar refractivity (Wildman–Crippen MR) is 82.3 cm³/mol. The molecule has 1 amide bonds. The average molecular weight is 330 g/mol. The molecule has 0 saturated carbocycles. The van der Waals surface area contributed by atoms with Crippen molar-refractivity contribution in [3.63, 3.8) is 0 Å². The smallest absolute Gasteiger partial charge is 0.273 e. The number of halogens is 2. The summed E-state index contributed by atoms with van der Waals surface area (Å²) in [6, 6.07) is 5.22. The average Bonchev–Trinajstić information content (AvgIpc) is 2.85. The zero-order chi connectivity index (χ0) is 14.7. The molecule has 1 aromatic heterocycles. The minimum absolute atomic E-state index is 0.156. The number of carbonyl (C=O) groups is 1. The Hall–Kier alpha value is -1.14. The first-order chi connectivity index (χ1) is 9.49. The molecular weight excluding hydrogens is 317 g/mol. The largest absolute Gasteiger partial charge is 0.336 e. The molecule has 0 radical (unpaired) electrons. The van der Waals surface area contributed by atoms with E-state index in [1.54, 1.807) is 35.5 Å². The van der Waals surface area contributed by atoms with Gasteiger partial charge in [-0.15, -0.1) is 11.3 Å². The maximum absolute atomic E-state index is 12.2. The lowest BCUT2D eigenvalue weighted by molar-refractivity contribution is 0.0780. The van der Waals surface area contributed by atoms with Crippen molar-refractivity contribution in [2.45, 2.75) is 13.1 Å². The molecule has 0 aliphatic rings. The van der Waals surface area contributed by atoms with Crippen molar-refractivity contribution in [1.82, 2.24) is 9.88 Å². The van der Waals surface area contributed by atoms with Gasteiger partial charge in [0.15, 0.2) is 0 Å². The molecule has 4 nitrogen and oxygen atoms in total. The second kappa shape index (κ2) is 6.54. The monoisotopic (exact) mass is 329 g/mol. The summed E-state index contributed by atoms with van der Waals surface area (Å²) in [5.41, 5.74) is 6.77. The summed E-state index contributed by atoms with van der Waals surface area (Å²) in [6.07, 6.45) is 0. The Bertz CT molecular complexity index is 610. The third-order valence-corrected chi connectivity index (χ3v) is 3.94. The zero-order valence-corrected chi connectivity index (χ0v) is 13.1. The van der Waals surface area contributed by atoms with E-state index < -0.39 is 0 Å². The van der Waals surface area contributed by atoms with Gasteiger partial charge >= 0.3 is 0 Å². The van der Waals surface area contributed by atoms with E-state index in [1.165, 1.54) is 11.3 Å². The minimum atomic E-state index is -0.156. The number of nitrogens with two attached hydrogens (primary N) is 1. The second-order valence-electron chi connectivity index (χ2n) is 4.27. The topological polar surface area (TPSA) is 59.2 Å². The molecule has 2 aromatic rings. The van der Waals surface area contributed by atoms with Crippen LogP contribution in [0.2, 0.25) is 10.0 Å². The van der Waals surface area contributed by atoms with Gasteiger partial charge in [0.05, 0.1) is 0 Å². The SMILES string of the molecule is CN(Cc1cc(Cl)cc(Cl)c1)C(=O)c1csc(CN)n1. The lowest BCUT2D eigenvalue weighted by atomic mass is 10.2. The summed E-state index contributed by atoms with van der Waals surface area (Å²) in [6.45, 7) is 0.750. The van der Waals surface area contributed by atoms with Crippen LogP contribution in [0.25, 0.3) is 0 Å². The highest BCUT2D eigenvalue weighted by Gasteiger charge is 2.15. The van der Waals surface area contributed by atoms with E-state index in [-0.39, 0.29) is 5.91 Å². The number of amides is 1. The maximum atomic E-state index is 12.2. The van der Waals surface area contributed by atoms with Crippen molar-refractivity contribution in [2.24, 2.45) is 5.73 Å². The normalized spacial score (nSPS) is 10.6. The molecule has 0 unspecified atom stereocenters. The quantitative estimate of drug-likeness (QED) is 0.937. The molecule has 0 fully saturated rings. The second-order valence-corrected chi connectivity index (χ2v) is 6.09. The fraction of sp³-hybridized carbons (Fsp3) is 0.231. The summed E-state index contributed by atoms with van der Waals surface area (Å²) < 4.78 is 0. The van der Waals surface area contributed by atoms with E-state index in [0.717, 1.165) is 10.6 Å². The Balaban J connectivity index is 2.10. The van der Waals surface area contributed by atoms with E-state index in [4.69, 9.17) is 28.9 Å². The highest BCUT2D eigenvalue weighted by molar-refractivity contribution is 7.09. The Morgan fingerprint density at radius 3 is 2.55 bits per heavy atom. The van der Waals surface area contributed by atoms with Crippen LogP contribution < -0.4 is 5.73 Å². The molecule has 2 rings (SSSR count). The Morgan fingerprint density at radius 2 is 2.00 bits per heavy atom. The van der Waals surface area contributed by atoms with Gasteiger partial charge in [-0.1, -0.05) is 23.2 Å². The van der Waals surface area contributed by atoms with Crippen LogP contribution in [0, 0.1) is 0 Å². The van der Waals surface area contributed by atoms with Gasteiger partial charge in [0.1, 0.15) is 10.7 Å². The van der Waals surface area contributed by atoms with Crippen molar-refractivity contribution in [3.05, 3.63) is 49.9 Å². The molecule has 7 heteroatoms. The Labute approximate surface area is 131 Å². The standard InChI is InChI=1S/C13H13Cl2N3OS/c1-18(6-8-2-9(14)4-10(15)3-8)13(19)11-7-20-12(5-16)17-11/h2-4,7H,5-6,16H2,1H3. The number of nitrogens with zero attached hydrogens (tertiary/aromatic N) is 2. The van der Waals surface area contributed by atoms with Gasteiger partial charge in [-0.3, -0.25) is 4.79 Å². The fourth-order valence-electron chi connectivity index (χ4n) is 1.75. The lowest BCUT2D eigenvalue weighted by Crippen LogP contribution is -2.26. The van der Waals surface area contributed by atoms with Crippen LogP contribution in [0.15, 0.2) is 23.6 Å². The molecule has 106 valence electrons. The van der Waals surface area contributed by atoms with Gasteiger partial charge in [0.2, 0.25) is 0 Å². The van der Waals surface area contributed by atoms with E-state index in [1.807, 2.05) is 0 Å². The summed E-state index contributed by atoms with van der Waals surface area (Å²) in [5.74, 6) is -0.156. The van der Waals surface area contributed by atoms with Crippen LogP contribution in [0.3, 0.4) is 0 Å². The highest BCUT2D eigenvalue weighted by Crippen LogP contribution is 2.20. The fourth-order valence-corrected chi connectivity index (χ4v) is 2.97. The molecule has 1 heterocycles. The van der Waals surface area contributed by atoms with Crippen LogP contribution >= 0.6 is 34.5 Å². The molecule has 0 spiro atoms. The molecule has 0 aliphatic carbocycles. The van der Waals surface area contributed by atoms with E-state index >= 15 is 0 Å². The van der Waals surface area contributed by atoms with Crippen molar-refractivity contribution in [3.8, 4) is 0 Å². The van der Waals surface area contributed by atoms with Gasteiger partial charge in [-0.2, -0.15) is 0 Å². The van der Waals surface area contributed by atoms with Crippen molar-refractivity contribution < 1.29 is 4.79 Å². The molecule has 0 atom stereocenters. The van der Waals surface area contributed by atoms with Gasteiger partial charge < -0.3 is 10.6 Å². The van der Waals surface area contributed by atoms with Gasteiger partial charge in [0.25, 0.3) is 5.91 Å². The van der Waals surface area contributed by atoms with E-state index in [0.29, 0.717) is 28.8 Å². The highest BCUT2D eigenvalue weighted by atomic mass is 35.5. The van der Waals surface area contributed by atoms with Crippen LogP contribution in [-0.2, 0) is 13.1 Å². The molecule has 2 N–H and O–H groups in total. The lowest BCUT2D eigenvalue weighted by Gasteiger charge is -2.16. The molecule has 0 bridgehead atoms. The zero-order valence-electron chi connectivity index (χ0n) is 10.8. The minimum Gasteiger partial charge on any atom is -0.336 e. The number of carbonyl (C=O) groups excluding carboxylic acids is 1. The predicted octanol–water partition coefficient (Wildman–Crippen LogP) is 3.18. The van der Waals surface area contributed by atoms with Crippen LogP contribution in [0.5, 0.6) is 0 Å². The number of thiazole rings is 1. The van der Waals surface area contributed by atoms with E-state index in [2.05, 4.69) is 4.98 Å². The van der Waals surface area contributed by atoms with Crippen molar-refractivity contribution in [1.29, 1.82) is 0 Å². The molecule has 20 heavy (non-hydrogen) atoms. The summed E-state index contributed by atoms with van der Waals surface area (Å²) >= 11 is 13.3. The van der Waals surface area contributed by atoms with Crippen LogP contribution in [0.1, 0.15) is 21.1 Å².